The summed E-state index contributed by atoms with van der Waals surface area (Å²) in [6, 6.07) is 3.10. The number of carbonyl (C=O) groups is 2. The Morgan fingerprint density at radius 1 is 1.17 bits per heavy atom. The molecule has 4 rings (SSSR count). The molecule has 0 bridgehead atoms. The number of rotatable bonds is 4. The number of nitrogens with zero attached hydrogens (tertiary/aromatic N) is 3. The van der Waals surface area contributed by atoms with Gasteiger partial charge in [-0.2, -0.15) is 13.2 Å². The third-order valence-corrected chi connectivity index (χ3v) is 7.74. The Kier molecular flexibility index (Phi) is 6.94. The van der Waals surface area contributed by atoms with E-state index in [0.717, 1.165) is 0 Å². The average molecular weight is 530 g/mol. The Morgan fingerprint density at radius 3 is 2.43 bits per heavy atom. The van der Waals surface area contributed by atoms with Crippen LogP contribution in [-0.4, -0.2) is 50.7 Å². The maximum Gasteiger partial charge on any atom is 0.413 e. The van der Waals surface area contributed by atoms with Gasteiger partial charge in [-0.15, -0.1) is 0 Å². The van der Waals surface area contributed by atoms with E-state index in [9.17, 15) is 27.9 Å². The molecule has 0 radical (unpaired) electrons. The number of imidazole rings is 1. The summed E-state index contributed by atoms with van der Waals surface area (Å²) in [6.45, 7) is 2.05. The fourth-order valence-electron chi connectivity index (χ4n) is 4.84. The van der Waals surface area contributed by atoms with Gasteiger partial charge in [-0.1, -0.05) is 23.2 Å². The zero-order valence-corrected chi connectivity index (χ0v) is 20.7. The molecule has 1 amide bonds. The van der Waals surface area contributed by atoms with Crippen molar-refractivity contribution < 1.29 is 27.9 Å². The van der Waals surface area contributed by atoms with Crippen molar-refractivity contribution in [2.75, 3.05) is 13.1 Å². The predicted molar refractivity (Wildman–Crippen MR) is 126 cm³/mol. The zero-order chi connectivity index (χ0) is 25.7. The lowest BCUT2D eigenvalue weighted by atomic mass is 9.93. The number of likely N-dealkylation sites (tertiary alicyclic amines) is 1. The van der Waals surface area contributed by atoms with E-state index in [1.54, 1.807) is 22.6 Å². The second kappa shape index (κ2) is 9.50. The van der Waals surface area contributed by atoms with Gasteiger partial charge in [-0.05, 0) is 55.9 Å². The van der Waals surface area contributed by atoms with E-state index >= 15 is 0 Å². The summed E-state index contributed by atoms with van der Waals surface area (Å²) >= 11 is 13.0. The lowest BCUT2D eigenvalue weighted by Crippen LogP contribution is -2.40. The molecule has 188 valence electrons. The van der Waals surface area contributed by atoms with Crippen LogP contribution in [0, 0.1) is 5.92 Å². The van der Waals surface area contributed by atoms with Crippen LogP contribution in [0.1, 0.15) is 59.3 Å². The molecule has 1 aromatic carbocycles. The van der Waals surface area contributed by atoms with Crippen LogP contribution in [-0.2, 0) is 24.7 Å². The number of amides is 1. The summed E-state index contributed by atoms with van der Waals surface area (Å²) in [6.07, 6.45) is -3.42. The highest BCUT2D eigenvalue weighted by molar-refractivity contribution is 6.38. The summed E-state index contributed by atoms with van der Waals surface area (Å²) in [5, 5.41) is 9.66. The van der Waals surface area contributed by atoms with E-state index in [-0.39, 0.29) is 41.3 Å². The molecule has 2 aliphatic rings. The normalized spacial score (nSPS) is 17.1. The second-order valence-electron chi connectivity index (χ2n) is 8.95. The number of piperidine rings is 1. The van der Waals surface area contributed by atoms with Gasteiger partial charge in [0.15, 0.2) is 0 Å². The van der Waals surface area contributed by atoms with E-state index in [1.165, 1.54) is 13.0 Å². The van der Waals surface area contributed by atoms with E-state index in [2.05, 4.69) is 4.98 Å². The number of allylic oxidation sites excluding steroid dienone is 2. The molecule has 1 fully saturated rings. The number of carboxylic acid groups (broad SMARTS) is 1. The van der Waals surface area contributed by atoms with Gasteiger partial charge in [0.2, 0.25) is 0 Å². The number of carboxylic acids is 1. The summed E-state index contributed by atoms with van der Waals surface area (Å²) in [5.74, 6) is -1.16. The third-order valence-electron chi connectivity index (χ3n) is 6.95. The molecule has 1 aliphatic heterocycles. The monoisotopic (exact) mass is 529 g/mol. The van der Waals surface area contributed by atoms with E-state index in [1.807, 2.05) is 0 Å². The largest absolute Gasteiger partial charge is 0.481 e. The summed E-state index contributed by atoms with van der Waals surface area (Å²) in [4.78, 5) is 30.4. The minimum Gasteiger partial charge on any atom is -0.481 e. The first-order valence-corrected chi connectivity index (χ1v) is 12.0. The van der Waals surface area contributed by atoms with Crippen LogP contribution >= 0.6 is 23.2 Å². The third kappa shape index (κ3) is 4.80. The number of alkyl halides is 3. The fraction of sp³-hybridized carbons (Fsp3) is 0.458. The lowest BCUT2D eigenvalue weighted by molar-refractivity contribution is -0.143. The molecular weight excluding hydrogens is 506 g/mol. The Labute approximate surface area is 210 Å². The molecule has 1 aromatic heterocycles. The lowest BCUT2D eigenvalue weighted by Gasteiger charge is -2.30. The van der Waals surface area contributed by atoms with Crippen LogP contribution in [0.2, 0.25) is 10.0 Å². The highest BCUT2D eigenvalue weighted by Crippen LogP contribution is 2.40. The number of aliphatic carboxylic acids is 1. The van der Waals surface area contributed by atoms with Crippen molar-refractivity contribution in [1.82, 2.24) is 14.5 Å². The molecule has 0 atom stereocenters. The minimum atomic E-state index is -4.40. The highest BCUT2D eigenvalue weighted by atomic mass is 35.5. The number of fused-ring (bicyclic) bond motifs is 1. The van der Waals surface area contributed by atoms with Gasteiger partial charge in [-0.25, -0.2) is 4.98 Å². The second-order valence-corrected chi connectivity index (χ2v) is 9.74. The molecule has 0 saturated carbocycles. The average Bonchev–Trinajstić information content (AvgIpc) is 3.12. The number of halogens is 5. The number of hydrogen-bond acceptors (Lipinski definition) is 3. The number of aromatic nitrogens is 2. The smallest absolute Gasteiger partial charge is 0.413 e. The Hall–Kier alpha value is -2.52. The van der Waals surface area contributed by atoms with Gasteiger partial charge in [-0.3, -0.25) is 9.59 Å². The maximum atomic E-state index is 13.4. The van der Waals surface area contributed by atoms with Crippen LogP contribution < -0.4 is 0 Å². The van der Waals surface area contributed by atoms with Crippen molar-refractivity contribution in [3.8, 4) is 0 Å². The minimum absolute atomic E-state index is 0.106. The van der Waals surface area contributed by atoms with Crippen LogP contribution in [0.4, 0.5) is 13.2 Å². The molecule has 6 nitrogen and oxygen atoms in total. The molecular formula is C24H24Cl2F3N3O3. The van der Waals surface area contributed by atoms with Crippen molar-refractivity contribution in [3.05, 3.63) is 56.1 Å². The zero-order valence-electron chi connectivity index (χ0n) is 19.2. The van der Waals surface area contributed by atoms with Gasteiger partial charge in [0.25, 0.3) is 5.91 Å². The van der Waals surface area contributed by atoms with Crippen LogP contribution in [0.3, 0.4) is 0 Å². The topological polar surface area (TPSA) is 75.4 Å². The van der Waals surface area contributed by atoms with Gasteiger partial charge < -0.3 is 14.6 Å². The molecule has 2 heterocycles. The van der Waals surface area contributed by atoms with Crippen molar-refractivity contribution in [2.45, 2.75) is 45.2 Å². The summed E-state index contributed by atoms with van der Waals surface area (Å²) in [5.41, 5.74) is 1.29. The number of hydrogen-bond donors (Lipinski definition) is 1. The molecule has 1 saturated heterocycles. The summed E-state index contributed by atoms with van der Waals surface area (Å²) < 4.78 is 41.9. The van der Waals surface area contributed by atoms with Crippen molar-refractivity contribution in [2.24, 2.45) is 13.0 Å². The number of benzene rings is 1. The number of carbonyl (C=O) groups excluding carboxylic acids is 1. The maximum absolute atomic E-state index is 13.4. The molecule has 1 aliphatic carbocycles. The molecule has 11 heteroatoms. The fourth-order valence-corrected chi connectivity index (χ4v) is 5.42. The first-order chi connectivity index (χ1) is 16.4. The van der Waals surface area contributed by atoms with Crippen molar-refractivity contribution >= 4 is 40.7 Å². The van der Waals surface area contributed by atoms with Crippen LogP contribution in [0.5, 0.6) is 0 Å². The van der Waals surface area contributed by atoms with Gasteiger partial charge in [0, 0.05) is 42.8 Å². The van der Waals surface area contributed by atoms with Gasteiger partial charge in [0.1, 0.15) is 5.82 Å². The SMILES string of the molecule is CC1=C(C(F)(F)F)CCc2c1nc(Cc1c(Cl)ccc(C(=O)N3CCC(C(=O)O)CC3)c1Cl)n2C. The molecule has 1 N–H and O–H groups in total. The van der Waals surface area contributed by atoms with Crippen molar-refractivity contribution in [3.63, 3.8) is 0 Å². The summed E-state index contributed by atoms with van der Waals surface area (Å²) in [7, 11) is 1.75. The van der Waals surface area contributed by atoms with Crippen LogP contribution in [0.25, 0.3) is 5.57 Å². The van der Waals surface area contributed by atoms with E-state index in [0.29, 0.717) is 53.7 Å². The van der Waals surface area contributed by atoms with Gasteiger partial charge in [0.05, 0.1) is 22.2 Å². The molecule has 2 aromatic rings. The molecule has 35 heavy (non-hydrogen) atoms. The van der Waals surface area contributed by atoms with E-state index < -0.39 is 23.6 Å². The predicted octanol–water partition coefficient (Wildman–Crippen LogP) is 5.54. The Balaban J connectivity index is 1.63. The first-order valence-electron chi connectivity index (χ1n) is 11.2. The van der Waals surface area contributed by atoms with Gasteiger partial charge >= 0.3 is 12.1 Å². The first kappa shape index (κ1) is 25.6. The Morgan fingerprint density at radius 2 is 1.83 bits per heavy atom. The molecule has 0 spiro atoms. The van der Waals surface area contributed by atoms with Crippen LogP contribution in [0.15, 0.2) is 17.7 Å². The quantitative estimate of drug-likeness (QED) is 0.564. The van der Waals surface area contributed by atoms with Crippen molar-refractivity contribution in [1.29, 1.82) is 0 Å². The standard InChI is InChI=1S/C24H24Cl2F3N3O3/c1-12-16(24(27,28)29)4-6-18-21(12)30-19(31(18)2)11-15-17(25)5-3-14(20(15)26)22(33)32-9-7-13(8-10-32)23(34)35/h3,5,13H,4,6-11H2,1-2H3,(H,34,35). The highest BCUT2D eigenvalue weighted by Gasteiger charge is 2.39. The Bertz CT molecular complexity index is 1230. The van der Waals surface area contributed by atoms with E-state index in [4.69, 9.17) is 23.2 Å². The molecule has 0 unspecified atom stereocenters.